The van der Waals surface area contributed by atoms with E-state index in [1.807, 2.05) is 0 Å². The van der Waals surface area contributed by atoms with E-state index < -0.39 is 0 Å². The highest BCUT2D eigenvalue weighted by molar-refractivity contribution is 5.26. The van der Waals surface area contributed by atoms with Gasteiger partial charge in [-0.05, 0) is 48.2 Å². The Hall–Kier alpha value is -0.820. The second kappa shape index (κ2) is 5.44. The molecule has 0 saturated heterocycles. The summed E-state index contributed by atoms with van der Waals surface area (Å²) in [4.78, 5) is 0. The maximum Gasteiger partial charge on any atom is -0.00128 e. The zero-order chi connectivity index (χ0) is 13.2. The molecular formula is C17H27N. The zero-order valence-electron chi connectivity index (χ0n) is 12.2. The Morgan fingerprint density at radius 2 is 1.89 bits per heavy atom. The summed E-state index contributed by atoms with van der Waals surface area (Å²) in [5.41, 5.74) is 1.93. The molecule has 1 aromatic rings. The Balaban J connectivity index is 2.02. The first-order valence-electron chi connectivity index (χ1n) is 7.29. The smallest absolute Gasteiger partial charge is 0.00128 e. The van der Waals surface area contributed by atoms with E-state index in [2.05, 4.69) is 63.3 Å². The van der Waals surface area contributed by atoms with Crippen molar-refractivity contribution in [3.05, 3.63) is 35.9 Å². The number of rotatable bonds is 5. The average Bonchev–Trinajstić information content (AvgIpc) is 3.09. The molecule has 1 aromatic carbocycles. The number of hydrogen-bond acceptors (Lipinski definition) is 1. The molecule has 1 fully saturated rings. The van der Waals surface area contributed by atoms with E-state index in [4.69, 9.17) is 0 Å². The van der Waals surface area contributed by atoms with Gasteiger partial charge in [0.05, 0.1) is 0 Å². The van der Waals surface area contributed by atoms with Crippen LogP contribution < -0.4 is 5.32 Å². The maximum atomic E-state index is 3.55. The van der Waals surface area contributed by atoms with Crippen LogP contribution in [0.4, 0.5) is 0 Å². The Labute approximate surface area is 112 Å². The van der Waals surface area contributed by atoms with Gasteiger partial charge in [0.2, 0.25) is 0 Å². The largest absolute Gasteiger partial charge is 0.317 e. The molecule has 3 atom stereocenters. The fraction of sp³-hybridized carbons (Fsp3) is 0.647. The van der Waals surface area contributed by atoms with Gasteiger partial charge in [-0.25, -0.2) is 0 Å². The van der Waals surface area contributed by atoms with Crippen LogP contribution in [-0.2, 0) is 0 Å². The third-order valence-electron chi connectivity index (χ3n) is 4.31. The van der Waals surface area contributed by atoms with Gasteiger partial charge in [0.15, 0.2) is 0 Å². The lowest BCUT2D eigenvalue weighted by molar-refractivity contribution is 0.202. The summed E-state index contributed by atoms with van der Waals surface area (Å²) in [6, 6.07) is 11.0. The molecule has 0 bridgehead atoms. The summed E-state index contributed by atoms with van der Waals surface area (Å²) in [7, 11) is 0. The molecule has 1 aliphatic carbocycles. The van der Waals surface area contributed by atoms with Crippen molar-refractivity contribution in [3.63, 3.8) is 0 Å². The van der Waals surface area contributed by atoms with E-state index >= 15 is 0 Å². The zero-order valence-corrected chi connectivity index (χ0v) is 12.2. The van der Waals surface area contributed by atoms with Gasteiger partial charge in [-0.2, -0.15) is 0 Å². The summed E-state index contributed by atoms with van der Waals surface area (Å²) >= 11 is 0. The second-order valence-corrected chi connectivity index (χ2v) is 6.70. The van der Waals surface area contributed by atoms with Gasteiger partial charge in [0, 0.05) is 0 Å². The van der Waals surface area contributed by atoms with Gasteiger partial charge in [0.25, 0.3) is 0 Å². The van der Waals surface area contributed by atoms with Gasteiger partial charge in [-0.1, -0.05) is 58.0 Å². The monoisotopic (exact) mass is 245 g/mol. The molecule has 1 aliphatic rings. The van der Waals surface area contributed by atoms with Crippen LogP contribution in [0.1, 0.15) is 45.6 Å². The molecule has 0 amide bonds. The van der Waals surface area contributed by atoms with Crippen molar-refractivity contribution in [1.29, 1.82) is 0 Å². The third kappa shape index (κ3) is 3.14. The first kappa shape index (κ1) is 13.6. The molecule has 0 heterocycles. The van der Waals surface area contributed by atoms with Crippen LogP contribution in [0.15, 0.2) is 30.3 Å². The van der Waals surface area contributed by atoms with Crippen molar-refractivity contribution in [1.82, 2.24) is 5.32 Å². The minimum absolute atomic E-state index is 0.399. The fourth-order valence-corrected chi connectivity index (χ4v) is 3.14. The van der Waals surface area contributed by atoms with E-state index in [1.165, 1.54) is 12.0 Å². The fourth-order valence-electron chi connectivity index (χ4n) is 3.14. The van der Waals surface area contributed by atoms with E-state index in [0.29, 0.717) is 5.41 Å². The summed E-state index contributed by atoms with van der Waals surface area (Å²) in [6.07, 6.45) is 1.37. The molecule has 1 heteroatoms. The van der Waals surface area contributed by atoms with Gasteiger partial charge in [-0.3, -0.25) is 0 Å². The van der Waals surface area contributed by atoms with E-state index in [-0.39, 0.29) is 0 Å². The molecule has 1 N–H and O–H groups in total. The highest BCUT2D eigenvalue weighted by atomic mass is 14.9. The first-order valence-corrected chi connectivity index (χ1v) is 7.29. The van der Waals surface area contributed by atoms with Gasteiger partial charge in [0.1, 0.15) is 0 Å². The average molecular weight is 245 g/mol. The van der Waals surface area contributed by atoms with Crippen molar-refractivity contribution in [2.45, 2.75) is 40.0 Å². The van der Waals surface area contributed by atoms with Crippen molar-refractivity contribution < 1.29 is 0 Å². The quantitative estimate of drug-likeness (QED) is 0.825. The lowest BCUT2D eigenvalue weighted by Crippen LogP contribution is -2.33. The second-order valence-electron chi connectivity index (χ2n) is 6.70. The number of benzene rings is 1. The van der Waals surface area contributed by atoms with Gasteiger partial charge >= 0.3 is 0 Å². The summed E-state index contributed by atoms with van der Waals surface area (Å²) in [5.74, 6) is 2.45. The molecule has 0 spiro atoms. The van der Waals surface area contributed by atoms with Crippen molar-refractivity contribution in [2.75, 3.05) is 13.1 Å². The lowest BCUT2D eigenvalue weighted by atomic mass is 9.76. The Morgan fingerprint density at radius 3 is 2.44 bits per heavy atom. The molecule has 100 valence electrons. The third-order valence-corrected chi connectivity index (χ3v) is 4.31. The van der Waals surface area contributed by atoms with Crippen LogP contribution in [-0.4, -0.2) is 13.1 Å². The lowest BCUT2D eigenvalue weighted by Gasteiger charge is -2.31. The van der Waals surface area contributed by atoms with E-state index in [0.717, 1.165) is 30.8 Å². The number of nitrogens with one attached hydrogen (secondary N) is 1. The molecule has 18 heavy (non-hydrogen) atoms. The summed E-state index contributed by atoms with van der Waals surface area (Å²) < 4.78 is 0. The molecular weight excluding hydrogens is 218 g/mol. The molecule has 0 aromatic heterocycles. The normalized spacial score (nSPS) is 24.9. The Kier molecular flexibility index (Phi) is 4.11. The molecule has 2 rings (SSSR count). The molecule has 1 saturated carbocycles. The van der Waals surface area contributed by atoms with Gasteiger partial charge < -0.3 is 5.32 Å². The highest BCUT2D eigenvalue weighted by Crippen LogP contribution is 2.55. The minimum atomic E-state index is 0.399. The van der Waals surface area contributed by atoms with Crippen LogP contribution in [0.2, 0.25) is 0 Å². The van der Waals surface area contributed by atoms with Crippen molar-refractivity contribution in [2.24, 2.45) is 17.3 Å². The predicted molar refractivity (Wildman–Crippen MR) is 78.8 cm³/mol. The summed E-state index contributed by atoms with van der Waals surface area (Å²) in [6.45, 7) is 11.6. The topological polar surface area (TPSA) is 12.0 Å². The standard InChI is InChI=1S/C17H27N/c1-5-18-12-16(17(2,3)4)15-11-14(15)13-9-7-6-8-10-13/h6-10,14-16,18H,5,11-12H2,1-4H3. The summed E-state index contributed by atoms with van der Waals surface area (Å²) in [5, 5.41) is 3.55. The Bertz CT molecular complexity index is 363. The SMILES string of the molecule is CCNCC(C1CC1c1ccccc1)C(C)(C)C. The first-order chi connectivity index (χ1) is 8.54. The van der Waals surface area contributed by atoms with Crippen molar-refractivity contribution in [3.8, 4) is 0 Å². The number of hydrogen-bond donors (Lipinski definition) is 1. The Morgan fingerprint density at radius 1 is 1.22 bits per heavy atom. The van der Waals surface area contributed by atoms with Crippen LogP contribution >= 0.6 is 0 Å². The van der Waals surface area contributed by atoms with E-state index in [9.17, 15) is 0 Å². The maximum absolute atomic E-state index is 3.55. The molecule has 0 aliphatic heterocycles. The van der Waals surface area contributed by atoms with Crippen LogP contribution in [0, 0.1) is 17.3 Å². The van der Waals surface area contributed by atoms with E-state index in [1.54, 1.807) is 0 Å². The van der Waals surface area contributed by atoms with Crippen LogP contribution in [0.25, 0.3) is 0 Å². The van der Waals surface area contributed by atoms with Gasteiger partial charge in [-0.15, -0.1) is 0 Å². The predicted octanol–water partition coefficient (Wildman–Crippen LogP) is 4.06. The highest BCUT2D eigenvalue weighted by Gasteiger charge is 2.47. The van der Waals surface area contributed by atoms with Crippen LogP contribution in [0.3, 0.4) is 0 Å². The minimum Gasteiger partial charge on any atom is -0.317 e. The molecule has 3 unspecified atom stereocenters. The molecule has 1 nitrogen and oxygen atoms in total. The molecule has 0 radical (unpaired) electrons. The van der Waals surface area contributed by atoms with Crippen LogP contribution in [0.5, 0.6) is 0 Å². The van der Waals surface area contributed by atoms with Crippen molar-refractivity contribution >= 4 is 0 Å².